The van der Waals surface area contributed by atoms with E-state index in [0.29, 0.717) is 0 Å². The molecule has 1 aromatic heterocycles. The van der Waals surface area contributed by atoms with Crippen LogP contribution >= 0.6 is 12.2 Å². The van der Waals surface area contributed by atoms with E-state index in [-0.39, 0.29) is 16.5 Å². The molecule has 9 nitrogen and oxygen atoms in total. The van der Waals surface area contributed by atoms with Gasteiger partial charge in [-0.1, -0.05) is 30.3 Å². The lowest BCUT2D eigenvalue weighted by atomic mass is 10.1. The Labute approximate surface area is 200 Å². The van der Waals surface area contributed by atoms with Gasteiger partial charge in [0.05, 0.1) is 23.9 Å². The quantitative estimate of drug-likeness (QED) is 0.173. The fourth-order valence-corrected chi connectivity index (χ4v) is 3.38. The molecule has 0 fully saturated rings. The van der Waals surface area contributed by atoms with Crippen molar-refractivity contribution in [3.8, 4) is 22.7 Å². The fourth-order valence-electron chi connectivity index (χ4n) is 3.22. The number of nitro benzene ring substituents is 1. The minimum Gasteiger partial charge on any atom is -0.497 e. The number of methoxy groups -OCH3 is 1. The first-order valence-electron chi connectivity index (χ1n) is 10.2. The van der Waals surface area contributed by atoms with Gasteiger partial charge in [0.1, 0.15) is 17.1 Å². The van der Waals surface area contributed by atoms with Crippen LogP contribution in [0, 0.1) is 10.1 Å². The molecule has 34 heavy (non-hydrogen) atoms. The number of nitrogens with one attached hydrogen (secondary N) is 2. The minimum absolute atomic E-state index is 0.0819. The number of aromatic nitrogens is 2. The van der Waals surface area contributed by atoms with Gasteiger partial charge < -0.3 is 10.1 Å². The third-order valence-corrected chi connectivity index (χ3v) is 5.04. The summed E-state index contributed by atoms with van der Waals surface area (Å²) in [5.41, 5.74) is 6.14. The summed E-state index contributed by atoms with van der Waals surface area (Å²) in [5, 5.41) is 23.1. The summed E-state index contributed by atoms with van der Waals surface area (Å²) >= 11 is 5.24. The van der Waals surface area contributed by atoms with Crippen LogP contribution in [-0.4, -0.2) is 33.1 Å². The van der Waals surface area contributed by atoms with Gasteiger partial charge in [-0.15, -0.1) is 0 Å². The van der Waals surface area contributed by atoms with Gasteiger partial charge in [0.2, 0.25) is 0 Å². The van der Waals surface area contributed by atoms with E-state index in [0.717, 1.165) is 28.3 Å². The highest BCUT2D eigenvalue weighted by molar-refractivity contribution is 7.80. The second kappa shape index (κ2) is 10.4. The molecule has 0 bridgehead atoms. The topological polar surface area (TPSA) is 107 Å². The zero-order valence-electron chi connectivity index (χ0n) is 18.1. The van der Waals surface area contributed by atoms with Gasteiger partial charge in [0, 0.05) is 23.4 Å². The number of ether oxygens (including phenoxy) is 1. The lowest BCUT2D eigenvalue weighted by Crippen LogP contribution is -2.24. The molecule has 0 aliphatic rings. The normalized spacial score (nSPS) is 10.7. The highest BCUT2D eigenvalue weighted by Gasteiger charge is 2.14. The highest BCUT2D eigenvalue weighted by Crippen LogP contribution is 2.25. The highest BCUT2D eigenvalue weighted by atomic mass is 32.1. The van der Waals surface area contributed by atoms with E-state index in [4.69, 9.17) is 22.1 Å². The first kappa shape index (κ1) is 22.6. The molecular formula is C24H20N6O3S. The van der Waals surface area contributed by atoms with Crippen LogP contribution in [-0.2, 0) is 0 Å². The molecule has 0 saturated carbocycles. The van der Waals surface area contributed by atoms with E-state index in [9.17, 15) is 10.1 Å². The number of nitro groups is 1. The number of hydrogen-bond donors (Lipinski definition) is 2. The van der Waals surface area contributed by atoms with Crippen molar-refractivity contribution in [1.29, 1.82) is 0 Å². The molecule has 0 spiro atoms. The van der Waals surface area contributed by atoms with Crippen molar-refractivity contribution in [2.75, 3.05) is 12.4 Å². The van der Waals surface area contributed by atoms with E-state index in [1.807, 2.05) is 60.8 Å². The van der Waals surface area contributed by atoms with Crippen LogP contribution < -0.4 is 15.5 Å². The molecule has 10 heteroatoms. The van der Waals surface area contributed by atoms with Gasteiger partial charge in [0.25, 0.3) is 5.69 Å². The third kappa shape index (κ3) is 5.25. The predicted octanol–water partition coefficient (Wildman–Crippen LogP) is 4.78. The van der Waals surface area contributed by atoms with E-state index in [1.54, 1.807) is 36.2 Å². The van der Waals surface area contributed by atoms with Crippen LogP contribution in [0.3, 0.4) is 0 Å². The van der Waals surface area contributed by atoms with Crippen LogP contribution in [0.2, 0.25) is 0 Å². The molecule has 4 aromatic rings. The summed E-state index contributed by atoms with van der Waals surface area (Å²) in [5.74, 6) is 0.745. The predicted molar refractivity (Wildman–Crippen MR) is 136 cm³/mol. The SMILES string of the molecule is COc1ccc(-c2nn(-c3ccccc3)cc2/C=N\NC(=S)Nc2ccccc2[N+](=O)[O-])cc1. The Balaban J connectivity index is 1.57. The number of thiocarbonyl (C=S) groups is 1. The second-order valence-corrected chi connectivity index (χ2v) is 7.45. The molecule has 0 saturated heterocycles. The van der Waals surface area contributed by atoms with E-state index < -0.39 is 4.92 Å². The first-order valence-corrected chi connectivity index (χ1v) is 10.6. The maximum atomic E-state index is 11.2. The number of hydrazone groups is 1. The lowest BCUT2D eigenvalue weighted by molar-refractivity contribution is -0.383. The molecule has 170 valence electrons. The Morgan fingerprint density at radius 2 is 1.79 bits per heavy atom. The molecule has 0 radical (unpaired) electrons. The van der Waals surface area contributed by atoms with Gasteiger partial charge in [-0.2, -0.15) is 10.2 Å². The molecule has 4 rings (SSSR count). The Bertz CT molecular complexity index is 1340. The van der Waals surface area contributed by atoms with Crippen molar-refractivity contribution in [1.82, 2.24) is 15.2 Å². The maximum Gasteiger partial charge on any atom is 0.292 e. The molecule has 0 unspecified atom stereocenters. The average Bonchev–Trinajstić information content (AvgIpc) is 3.29. The molecule has 0 aliphatic carbocycles. The summed E-state index contributed by atoms with van der Waals surface area (Å²) in [6.45, 7) is 0. The van der Waals surface area contributed by atoms with Gasteiger partial charge >= 0.3 is 0 Å². The van der Waals surface area contributed by atoms with Crippen molar-refractivity contribution in [2.45, 2.75) is 0 Å². The number of nitrogens with zero attached hydrogens (tertiary/aromatic N) is 4. The molecular weight excluding hydrogens is 452 g/mol. The lowest BCUT2D eigenvalue weighted by Gasteiger charge is -2.07. The van der Waals surface area contributed by atoms with Crippen LogP contribution in [0.25, 0.3) is 16.9 Å². The van der Waals surface area contributed by atoms with Crippen molar-refractivity contribution >= 4 is 34.9 Å². The number of anilines is 1. The summed E-state index contributed by atoms with van der Waals surface area (Å²) < 4.78 is 7.02. The van der Waals surface area contributed by atoms with Crippen molar-refractivity contribution in [2.24, 2.45) is 5.10 Å². The summed E-state index contributed by atoms with van der Waals surface area (Å²) in [6.07, 6.45) is 3.46. The Morgan fingerprint density at radius 3 is 2.50 bits per heavy atom. The van der Waals surface area contributed by atoms with E-state index >= 15 is 0 Å². The minimum atomic E-state index is -0.479. The van der Waals surface area contributed by atoms with Gasteiger partial charge in [-0.25, -0.2) is 4.68 Å². The van der Waals surface area contributed by atoms with E-state index in [2.05, 4.69) is 15.8 Å². The number of para-hydroxylation sites is 3. The number of rotatable bonds is 7. The van der Waals surface area contributed by atoms with Gasteiger partial charge in [-0.3, -0.25) is 15.5 Å². The largest absolute Gasteiger partial charge is 0.497 e. The molecule has 1 heterocycles. The summed E-state index contributed by atoms with van der Waals surface area (Å²) in [7, 11) is 1.61. The zero-order valence-corrected chi connectivity index (χ0v) is 18.9. The van der Waals surface area contributed by atoms with Crippen molar-refractivity contribution in [3.05, 3.63) is 101 Å². The first-order chi connectivity index (χ1) is 16.5. The smallest absolute Gasteiger partial charge is 0.292 e. The van der Waals surface area contributed by atoms with Crippen LogP contribution in [0.15, 0.2) is 90.2 Å². The fraction of sp³-hybridized carbons (Fsp3) is 0.0417. The van der Waals surface area contributed by atoms with Gasteiger partial charge in [-0.05, 0) is 54.7 Å². The van der Waals surface area contributed by atoms with E-state index in [1.165, 1.54) is 6.07 Å². The average molecular weight is 473 g/mol. The zero-order chi connectivity index (χ0) is 23.9. The summed E-state index contributed by atoms with van der Waals surface area (Å²) in [4.78, 5) is 10.7. The second-order valence-electron chi connectivity index (χ2n) is 7.04. The van der Waals surface area contributed by atoms with Crippen molar-refractivity contribution in [3.63, 3.8) is 0 Å². The standard InChI is InChI=1S/C24H20N6O3S/c1-33-20-13-11-17(12-14-20)23-18(16-29(28-23)19-7-3-2-4-8-19)15-25-27-24(34)26-21-9-5-6-10-22(21)30(31)32/h2-16H,1H3,(H2,26,27,34)/b25-15-. The summed E-state index contributed by atoms with van der Waals surface area (Å²) in [6, 6.07) is 23.5. The van der Waals surface area contributed by atoms with Crippen molar-refractivity contribution < 1.29 is 9.66 Å². The van der Waals surface area contributed by atoms with Crippen LogP contribution in [0.5, 0.6) is 5.75 Å². The molecule has 0 aliphatic heterocycles. The molecule has 0 amide bonds. The van der Waals surface area contributed by atoms with Gasteiger partial charge in [0.15, 0.2) is 5.11 Å². The Hall–Kier alpha value is -4.57. The number of hydrogen-bond acceptors (Lipinski definition) is 6. The molecule has 2 N–H and O–H groups in total. The third-order valence-electron chi connectivity index (χ3n) is 4.85. The van der Waals surface area contributed by atoms with Crippen LogP contribution in [0.1, 0.15) is 5.56 Å². The number of benzene rings is 3. The van der Waals surface area contributed by atoms with Crippen LogP contribution in [0.4, 0.5) is 11.4 Å². The Morgan fingerprint density at radius 1 is 1.09 bits per heavy atom. The monoisotopic (exact) mass is 472 g/mol. The molecule has 0 atom stereocenters. The molecule has 3 aromatic carbocycles. The maximum absolute atomic E-state index is 11.2. The Kier molecular flexibility index (Phi) is 6.89.